The number of rotatable bonds is 5. The van der Waals surface area contributed by atoms with E-state index in [0.717, 1.165) is 43.3 Å². The maximum atomic E-state index is 14.3. The second kappa shape index (κ2) is 8.21. The van der Waals surface area contributed by atoms with Gasteiger partial charge in [-0.3, -0.25) is 10.00 Å². The number of aromatic nitrogens is 2. The van der Waals surface area contributed by atoms with Gasteiger partial charge in [0.25, 0.3) is 0 Å². The van der Waals surface area contributed by atoms with Crippen molar-refractivity contribution in [2.75, 3.05) is 20.2 Å². The highest BCUT2D eigenvalue weighted by Gasteiger charge is 2.27. The predicted octanol–water partition coefficient (Wildman–Crippen LogP) is 4.45. The first-order valence-corrected chi connectivity index (χ1v) is 9.62. The van der Waals surface area contributed by atoms with E-state index in [9.17, 15) is 13.9 Å². The van der Waals surface area contributed by atoms with Crippen LogP contribution >= 0.6 is 0 Å². The number of H-pyrrole nitrogens is 1. The molecule has 1 atom stereocenters. The first kappa shape index (κ1) is 19.4. The third kappa shape index (κ3) is 3.96. The maximum absolute atomic E-state index is 14.3. The lowest BCUT2D eigenvalue weighted by Gasteiger charge is -2.33. The van der Waals surface area contributed by atoms with Crippen molar-refractivity contribution >= 4 is 0 Å². The lowest BCUT2D eigenvalue weighted by atomic mass is 9.90. The maximum Gasteiger partial charge on any atom is 0.134 e. The molecule has 5 nitrogen and oxygen atoms in total. The first-order valence-electron chi connectivity index (χ1n) is 9.62. The van der Waals surface area contributed by atoms with Crippen LogP contribution in [-0.2, 0) is 6.54 Å². The van der Waals surface area contributed by atoms with E-state index in [2.05, 4.69) is 15.1 Å². The van der Waals surface area contributed by atoms with Gasteiger partial charge in [0.1, 0.15) is 23.1 Å². The van der Waals surface area contributed by atoms with E-state index < -0.39 is 11.6 Å². The number of nitrogens with zero attached hydrogens (tertiary/aromatic N) is 2. The lowest BCUT2D eigenvalue weighted by Crippen LogP contribution is -2.34. The second-order valence-electron chi connectivity index (χ2n) is 7.35. The second-order valence-corrected chi connectivity index (χ2v) is 7.35. The summed E-state index contributed by atoms with van der Waals surface area (Å²) in [5.41, 5.74) is 2.61. The number of benzene rings is 2. The molecule has 0 amide bonds. The average Bonchev–Trinajstić information content (AvgIpc) is 3.19. The summed E-state index contributed by atoms with van der Waals surface area (Å²) in [4.78, 5) is 2.25. The number of hydrogen-bond acceptors (Lipinski definition) is 4. The summed E-state index contributed by atoms with van der Waals surface area (Å²) >= 11 is 0. The van der Waals surface area contributed by atoms with E-state index in [4.69, 9.17) is 4.74 Å². The quantitative estimate of drug-likeness (QED) is 0.666. The minimum Gasteiger partial charge on any atom is -0.507 e. The molecule has 1 fully saturated rings. The zero-order chi connectivity index (χ0) is 20.4. The molecular formula is C22H23F2N3O2. The number of aromatic amines is 1. The van der Waals surface area contributed by atoms with E-state index in [0.29, 0.717) is 23.4 Å². The van der Waals surface area contributed by atoms with Crippen molar-refractivity contribution in [2.45, 2.75) is 25.3 Å². The molecule has 1 saturated heterocycles. The molecule has 0 aliphatic carbocycles. The molecule has 0 radical (unpaired) electrons. The molecule has 1 aliphatic heterocycles. The number of ether oxygens (including phenoxy) is 1. The fraction of sp³-hybridized carbons (Fsp3) is 0.318. The number of methoxy groups -OCH3 is 1. The van der Waals surface area contributed by atoms with Crippen LogP contribution in [0.2, 0.25) is 0 Å². The fourth-order valence-electron chi connectivity index (χ4n) is 4.09. The van der Waals surface area contributed by atoms with Crippen LogP contribution in [0.25, 0.3) is 11.1 Å². The van der Waals surface area contributed by atoms with E-state index in [1.54, 1.807) is 25.4 Å². The monoisotopic (exact) mass is 399 g/mol. The summed E-state index contributed by atoms with van der Waals surface area (Å²) in [6.07, 6.45) is 3.49. The minimum absolute atomic E-state index is 0.127. The van der Waals surface area contributed by atoms with Gasteiger partial charge in [-0.25, -0.2) is 8.78 Å². The Hall–Kier alpha value is -2.93. The number of likely N-dealkylation sites (tertiary alicyclic amines) is 1. The van der Waals surface area contributed by atoms with Gasteiger partial charge in [0.05, 0.1) is 13.3 Å². The SMILES string of the molecule is COc1cccc(O)c1CN1CCC[C@@H](c2[nH]ncc2-c2ccc(F)cc2F)C1. The topological polar surface area (TPSA) is 61.4 Å². The number of phenolic OH excluding ortho intramolecular Hbond substituents is 1. The summed E-state index contributed by atoms with van der Waals surface area (Å²) in [6.45, 7) is 2.18. The number of halogens is 2. The summed E-state index contributed by atoms with van der Waals surface area (Å²) in [7, 11) is 1.59. The molecule has 2 heterocycles. The zero-order valence-corrected chi connectivity index (χ0v) is 16.2. The van der Waals surface area contributed by atoms with Crippen molar-refractivity contribution < 1.29 is 18.6 Å². The van der Waals surface area contributed by atoms with E-state index in [1.165, 1.54) is 12.1 Å². The molecule has 0 unspecified atom stereocenters. The largest absolute Gasteiger partial charge is 0.507 e. The highest BCUT2D eigenvalue weighted by atomic mass is 19.1. The Morgan fingerprint density at radius 2 is 2.10 bits per heavy atom. The molecule has 1 aliphatic rings. The number of hydrogen-bond donors (Lipinski definition) is 2. The van der Waals surface area contributed by atoms with Crippen LogP contribution in [-0.4, -0.2) is 40.4 Å². The Kier molecular flexibility index (Phi) is 5.49. The van der Waals surface area contributed by atoms with Crippen molar-refractivity contribution in [3.05, 3.63) is 65.5 Å². The van der Waals surface area contributed by atoms with Gasteiger partial charge >= 0.3 is 0 Å². The van der Waals surface area contributed by atoms with E-state index in [1.807, 2.05) is 6.07 Å². The first-order chi connectivity index (χ1) is 14.1. The molecule has 0 saturated carbocycles. The third-order valence-electron chi connectivity index (χ3n) is 5.51. The highest BCUT2D eigenvalue weighted by molar-refractivity contribution is 5.66. The fourth-order valence-corrected chi connectivity index (χ4v) is 4.09. The number of phenols is 1. The molecule has 4 rings (SSSR count). The van der Waals surface area contributed by atoms with Crippen LogP contribution in [0.4, 0.5) is 8.78 Å². The van der Waals surface area contributed by atoms with Crippen LogP contribution in [0.3, 0.4) is 0 Å². The van der Waals surface area contributed by atoms with E-state index >= 15 is 0 Å². The zero-order valence-electron chi connectivity index (χ0n) is 16.2. The molecule has 29 heavy (non-hydrogen) atoms. The highest BCUT2D eigenvalue weighted by Crippen LogP contribution is 2.36. The van der Waals surface area contributed by atoms with Crippen LogP contribution < -0.4 is 4.74 Å². The molecule has 152 valence electrons. The van der Waals surface area contributed by atoms with Gasteiger partial charge in [-0.15, -0.1) is 0 Å². The Morgan fingerprint density at radius 1 is 1.24 bits per heavy atom. The van der Waals surface area contributed by atoms with Crippen molar-refractivity contribution in [1.29, 1.82) is 0 Å². The van der Waals surface area contributed by atoms with Crippen molar-refractivity contribution in [3.63, 3.8) is 0 Å². The summed E-state index contributed by atoms with van der Waals surface area (Å²) in [5.74, 6) is -0.205. The lowest BCUT2D eigenvalue weighted by molar-refractivity contribution is 0.194. The van der Waals surface area contributed by atoms with Gasteiger partial charge in [-0.05, 0) is 43.7 Å². The Bertz CT molecular complexity index is 1010. The predicted molar refractivity (Wildman–Crippen MR) is 106 cm³/mol. The van der Waals surface area contributed by atoms with Crippen molar-refractivity contribution in [3.8, 4) is 22.6 Å². The van der Waals surface area contributed by atoms with Gasteiger partial charge in [0.2, 0.25) is 0 Å². The van der Waals surface area contributed by atoms with Crippen LogP contribution in [0.5, 0.6) is 11.5 Å². The van der Waals surface area contributed by atoms with Crippen LogP contribution in [0.15, 0.2) is 42.6 Å². The van der Waals surface area contributed by atoms with Gasteiger partial charge in [-0.2, -0.15) is 5.10 Å². The van der Waals surface area contributed by atoms with Gasteiger partial charge in [0.15, 0.2) is 0 Å². The molecular weight excluding hydrogens is 376 g/mol. The number of piperidine rings is 1. The average molecular weight is 399 g/mol. The van der Waals surface area contributed by atoms with Gasteiger partial charge < -0.3 is 9.84 Å². The van der Waals surface area contributed by atoms with Crippen LogP contribution in [0, 0.1) is 11.6 Å². The Morgan fingerprint density at radius 3 is 2.90 bits per heavy atom. The van der Waals surface area contributed by atoms with E-state index in [-0.39, 0.29) is 11.7 Å². The van der Waals surface area contributed by atoms with Gasteiger partial charge in [-0.1, -0.05) is 6.07 Å². The summed E-state index contributed by atoms with van der Waals surface area (Å²) in [5, 5.41) is 17.4. The molecule has 0 spiro atoms. The van der Waals surface area contributed by atoms with Crippen molar-refractivity contribution in [2.24, 2.45) is 0 Å². The molecule has 2 aromatic carbocycles. The number of nitrogens with one attached hydrogen (secondary N) is 1. The summed E-state index contributed by atoms with van der Waals surface area (Å²) < 4.78 is 33.0. The summed E-state index contributed by atoms with van der Waals surface area (Å²) in [6, 6.07) is 8.85. The molecule has 3 aromatic rings. The Labute approximate surface area is 167 Å². The van der Waals surface area contributed by atoms with Crippen molar-refractivity contribution in [1.82, 2.24) is 15.1 Å². The van der Waals surface area contributed by atoms with Gasteiger partial charge in [0, 0.05) is 47.5 Å². The number of aromatic hydroxyl groups is 1. The minimum atomic E-state index is -0.600. The molecule has 0 bridgehead atoms. The normalized spacial score (nSPS) is 17.4. The Balaban J connectivity index is 1.57. The third-order valence-corrected chi connectivity index (χ3v) is 5.51. The standard InChI is InChI=1S/C22H23F2N3O2/c1-29-21-6-2-5-20(28)18(21)13-27-9-3-4-14(12-27)22-17(11-25-26-22)16-8-7-15(23)10-19(16)24/h2,5-8,10-11,14,28H,3-4,9,12-13H2,1H3,(H,25,26)/t14-/m1/s1. The van der Waals surface area contributed by atoms with Crippen LogP contribution in [0.1, 0.15) is 30.0 Å². The molecule has 1 aromatic heterocycles. The smallest absolute Gasteiger partial charge is 0.134 e. The molecule has 2 N–H and O–H groups in total. The molecule has 7 heteroatoms.